The molecule has 0 fully saturated rings. The molecular weight excluding hydrogens is 240 g/mol. The minimum Gasteiger partial charge on any atom is -0.400 e. The second-order valence-electron chi connectivity index (χ2n) is 3.96. The number of aliphatic hydroxyl groups excluding tert-OH is 1. The number of pyridine rings is 1. The molecular formula is C15H14N2O2. The van der Waals surface area contributed by atoms with Crippen LogP contribution in [0.1, 0.15) is 10.4 Å². The standard InChI is InChI=1S/C14H10N2O.CH4O/c15-14-13-10(5-6-16-14)2-3-11-7-9(8-17)1-4-12(11)13;1-2/h1-8H,(H2,15,16);2H,1H3. The molecule has 0 atom stereocenters. The summed E-state index contributed by atoms with van der Waals surface area (Å²) in [5.41, 5.74) is 6.58. The Morgan fingerprint density at radius 2 is 1.84 bits per heavy atom. The maximum Gasteiger partial charge on any atom is 0.150 e. The summed E-state index contributed by atoms with van der Waals surface area (Å²) in [6.45, 7) is 0. The molecule has 0 spiro atoms. The molecule has 3 rings (SSSR count). The van der Waals surface area contributed by atoms with Gasteiger partial charge in [0.1, 0.15) is 12.1 Å². The van der Waals surface area contributed by atoms with Crippen molar-refractivity contribution in [3.63, 3.8) is 0 Å². The summed E-state index contributed by atoms with van der Waals surface area (Å²) in [5, 5.41) is 11.0. The smallest absolute Gasteiger partial charge is 0.150 e. The van der Waals surface area contributed by atoms with Gasteiger partial charge in [0.25, 0.3) is 0 Å². The number of aromatic nitrogens is 1. The van der Waals surface area contributed by atoms with E-state index in [0.717, 1.165) is 34.9 Å². The molecule has 19 heavy (non-hydrogen) atoms. The van der Waals surface area contributed by atoms with Gasteiger partial charge < -0.3 is 10.8 Å². The zero-order valence-corrected chi connectivity index (χ0v) is 10.5. The van der Waals surface area contributed by atoms with Gasteiger partial charge in [-0.3, -0.25) is 4.79 Å². The molecule has 0 aliphatic carbocycles. The van der Waals surface area contributed by atoms with E-state index in [1.165, 1.54) is 0 Å². The molecule has 3 N–H and O–H groups in total. The summed E-state index contributed by atoms with van der Waals surface area (Å²) < 4.78 is 0. The Morgan fingerprint density at radius 1 is 1.11 bits per heavy atom. The van der Waals surface area contributed by atoms with Gasteiger partial charge in [0.05, 0.1) is 0 Å². The highest BCUT2D eigenvalue weighted by Crippen LogP contribution is 2.28. The first-order valence-corrected chi connectivity index (χ1v) is 5.76. The van der Waals surface area contributed by atoms with Gasteiger partial charge in [-0.25, -0.2) is 4.98 Å². The van der Waals surface area contributed by atoms with Crippen LogP contribution in [-0.2, 0) is 0 Å². The van der Waals surface area contributed by atoms with Gasteiger partial charge >= 0.3 is 0 Å². The Morgan fingerprint density at radius 3 is 2.58 bits per heavy atom. The number of anilines is 1. The van der Waals surface area contributed by atoms with E-state index in [1.54, 1.807) is 12.3 Å². The summed E-state index contributed by atoms with van der Waals surface area (Å²) in [5.74, 6) is 0.520. The molecule has 0 aliphatic heterocycles. The van der Waals surface area contributed by atoms with E-state index in [4.69, 9.17) is 10.8 Å². The van der Waals surface area contributed by atoms with E-state index in [9.17, 15) is 4.79 Å². The van der Waals surface area contributed by atoms with Crippen molar-refractivity contribution in [2.45, 2.75) is 0 Å². The SMILES string of the molecule is CO.Nc1nccc2ccc3cc(C=O)ccc3c12. The summed E-state index contributed by atoms with van der Waals surface area (Å²) in [7, 11) is 1.00. The van der Waals surface area contributed by atoms with Crippen molar-refractivity contribution in [2.24, 2.45) is 0 Å². The summed E-state index contributed by atoms with van der Waals surface area (Å²) >= 11 is 0. The van der Waals surface area contributed by atoms with Gasteiger partial charge in [-0.05, 0) is 28.3 Å². The van der Waals surface area contributed by atoms with Crippen LogP contribution in [0.3, 0.4) is 0 Å². The number of nitrogen functional groups attached to an aromatic ring is 1. The zero-order valence-electron chi connectivity index (χ0n) is 10.5. The van der Waals surface area contributed by atoms with Crippen molar-refractivity contribution in [3.8, 4) is 0 Å². The van der Waals surface area contributed by atoms with Crippen LogP contribution in [0.25, 0.3) is 21.5 Å². The number of hydrogen-bond donors (Lipinski definition) is 2. The fourth-order valence-corrected chi connectivity index (χ4v) is 2.13. The molecule has 2 aromatic carbocycles. The van der Waals surface area contributed by atoms with E-state index in [2.05, 4.69) is 4.98 Å². The van der Waals surface area contributed by atoms with E-state index in [0.29, 0.717) is 11.4 Å². The van der Waals surface area contributed by atoms with E-state index < -0.39 is 0 Å². The lowest BCUT2D eigenvalue weighted by atomic mass is 10.0. The van der Waals surface area contributed by atoms with Crippen LogP contribution in [-0.4, -0.2) is 23.5 Å². The van der Waals surface area contributed by atoms with Gasteiger partial charge in [0.15, 0.2) is 0 Å². The molecule has 1 heterocycles. The van der Waals surface area contributed by atoms with E-state index in [-0.39, 0.29) is 0 Å². The number of rotatable bonds is 1. The third-order valence-corrected chi connectivity index (χ3v) is 2.94. The largest absolute Gasteiger partial charge is 0.400 e. The molecule has 3 aromatic rings. The van der Waals surface area contributed by atoms with Crippen LogP contribution < -0.4 is 5.73 Å². The molecule has 1 aromatic heterocycles. The van der Waals surface area contributed by atoms with Crippen LogP contribution in [0.5, 0.6) is 0 Å². The Kier molecular flexibility index (Phi) is 3.73. The first-order valence-electron chi connectivity index (χ1n) is 5.76. The van der Waals surface area contributed by atoms with E-state index in [1.807, 2.05) is 30.3 Å². The molecule has 96 valence electrons. The summed E-state index contributed by atoms with van der Waals surface area (Å²) in [6, 6.07) is 11.5. The number of fused-ring (bicyclic) bond motifs is 3. The van der Waals surface area contributed by atoms with Crippen LogP contribution in [0.4, 0.5) is 5.82 Å². The fourth-order valence-electron chi connectivity index (χ4n) is 2.13. The first kappa shape index (κ1) is 13.0. The topological polar surface area (TPSA) is 76.2 Å². The quantitative estimate of drug-likeness (QED) is 0.516. The molecule has 0 bridgehead atoms. The monoisotopic (exact) mass is 254 g/mol. The maximum atomic E-state index is 10.7. The number of aldehydes is 1. The predicted molar refractivity (Wildman–Crippen MR) is 77.2 cm³/mol. The number of hydrogen-bond acceptors (Lipinski definition) is 4. The number of nitrogens with zero attached hydrogens (tertiary/aromatic N) is 1. The summed E-state index contributed by atoms with van der Waals surface area (Å²) in [4.78, 5) is 14.9. The second-order valence-corrected chi connectivity index (χ2v) is 3.96. The van der Waals surface area contributed by atoms with Crippen LogP contribution in [0.15, 0.2) is 42.6 Å². The third-order valence-electron chi connectivity index (χ3n) is 2.94. The minimum absolute atomic E-state index is 0.520. The van der Waals surface area contributed by atoms with Crippen molar-refractivity contribution in [1.82, 2.24) is 4.98 Å². The van der Waals surface area contributed by atoms with Gasteiger partial charge in [-0.1, -0.05) is 24.3 Å². The van der Waals surface area contributed by atoms with Gasteiger partial charge in [0.2, 0.25) is 0 Å². The predicted octanol–water partition coefficient (Wildman–Crippen LogP) is 2.39. The Hall–Kier alpha value is -2.46. The van der Waals surface area contributed by atoms with Crippen molar-refractivity contribution in [1.29, 1.82) is 0 Å². The van der Waals surface area contributed by atoms with Crippen molar-refractivity contribution in [2.75, 3.05) is 12.8 Å². The summed E-state index contributed by atoms with van der Waals surface area (Å²) in [6.07, 6.45) is 2.54. The molecule has 0 aliphatic rings. The number of carbonyl (C=O) groups is 1. The number of carbonyl (C=O) groups excluding carboxylic acids is 1. The van der Waals surface area contributed by atoms with Crippen LogP contribution >= 0.6 is 0 Å². The van der Waals surface area contributed by atoms with E-state index >= 15 is 0 Å². The first-order chi connectivity index (χ1) is 9.29. The minimum atomic E-state index is 0.520. The van der Waals surface area contributed by atoms with Crippen molar-refractivity contribution in [3.05, 3.63) is 48.2 Å². The number of aliphatic hydroxyl groups is 1. The normalized spacial score (nSPS) is 10.0. The highest BCUT2D eigenvalue weighted by molar-refractivity contribution is 6.12. The average Bonchev–Trinajstić information content (AvgIpc) is 2.48. The third kappa shape index (κ3) is 2.26. The Bertz CT molecular complexity index is 739. The van der Waals surface area contributed by atoms with Crippen molar-refractivity contribution < 1.29 is 9.90 Å². The number of nitrogens with two attached hydrogens (primary N) is 1. The lowest BCUT2D eigenvalue weighted by molar-refractivity contribution is 0.112. The molecule has 4 heteroatoms. The highest BCUT2D eigenvalue weighted by atomic mass is 16.2. The molecule has 0 saturated carbocycles. The highest BCUT2D eigenvalue weighted by Gasteiger charge is 2.04. The molecule has 0 amide bonds. The van der Waals surface area contributed by atoms with Gasteiger partial charge in [-0.2, -0.15) is 0 Å². The fraction of sp³-hybridized carbons (Fsp3) is 0.0667. The molecule has 4 nitrogen and oxygen atoms in total. The average molecular weight is 254 g/mol. The van der Waals surface area contributed by atoms with Crippen molar-refractivity contribution >= 4 is 33.6 Å². The lowest BCUT2D eigenvalue weighted by Gasteiger charge is -2.06. The maximum absolute atomic E-state index is 10.7. The molecule has 0 unspecified atom stereocenters. The van der Waals surface area contributed by atoms with Crippen LogP contribution in [0, 0.1) is 0 Å². The Balaban J connectivity index is 0.000000637. The number of benzene rings is 2. The van der Waals surface area contributed by atoms with Crippen LogP contribution in [0.2, 0.25) is 0 Å². The van der Waals surface area contributed by atoms with Gasteiger partial charge in [0, 0.05) is 24.3 Å². The Labute approximate surface area is 110 Å². The lowest BCUT2D eigenvalue weighted by Crippen LogP contribution is -1.92. The second kappa shape index (κ2) is 5.46. The molecule has 0 radical (unpaired) electrons. The molecule has 0 saturated heterocycles. The zero-order chi connectivity index (χ0) is 13.8. The van der Waals surface area contributed by atoms with Gasteiger partial charge in [-0.15, -0.1) is 0 Å².